The van der Waals surface area contributed by atoms with Crippen LogP contribution in [0, 0.1) is 20.8 Å². The molecule has 2 unspecified atom stereocenters. The predicted octanol–water partition coefficient (Wildman–Crippen LogP) is 4.66. The average molecular weight is 454 g/mol. The number of amides is 3. The van der Waals surface area contributed by atoms with Gasteiger partial charge in [-0.25, -0.2) is 4.79 Å². The maximum Gasteiger partial charge on any atom is 0.408 e. The van der Waals surface area contributed by atoms with Crippen LogP contribution in [0.3, 0.4) is 0 Å². The van der Waals surface area contributed by atoms with Gasteiger partial charge in [0.15, 0.2) is 0 Å². The minimum absolute atomic E-state index is 0.335. The summed E-state index contributed by atoms with van der Waals surface area (Å²) in [6.07, 6.45) is -0.690. The number of alkyl carbamates (subject to hydrolysis) is 1. The molecule has 33 heavy (non-hydrogen) atoms. The van der Waals surface area contributed by atoms with Crippen molar-refractivity contribution in [2.45, 2.75) is 66.2 Å². The molecule has 0 aromatic heterocycles. The number of carbonyl (C=O) groups is 3. The quantitative estimate of drug-likeness (QED) is 0.666. The Morgan fingerprint density at radius 3 is 2.15 bits per heavy atom. The van der Waals surface area contributed by atoms with Crippen LogP contribution in [0.15, 0.2) is 42.5 Å². The van der Waals surface area contributed by atoms with Crippen molar-refractivity contribution < 1.29 is 19.1 Å². The highest BCUT2D eigenvalue weighted by Gasteiger charge is 2.33. The Bertz CT molecular complexity index is 1030. The zero-order valence-electron chi connectivity index (χ0n) is 20.8. The van der Waals surface area contributed by atoms with Crippen molar-refractivity contribution in [3.63, 3.8) is 0 Å². The largest absolute Gasteiger partial charge is 0.444 e. The Kier molecular flexibility index (Phi) is 8.25. The molecule has 2 aromatic carbocycles. The van der Waals surface area contributed by atoms with Crippen molar-refractivity contribution in [1.82, 2.24) is 10.2 Å². The smallest absolute Gasteiger partial charge is 0.408 e. The lowest BCUT2D eigenvalue weighted by Gasteiger charge is -2.31. The fraction of sp³-hybridized carbons (Fsp3) is 0.423. The zero-order valence-corrected chi connectivity index (χ0v) is 20.8. The highest BCUT2D eigenvalue weighted by Crippen LogP contribution is 2.28. The van der Waals surface area contributed by atoms with Gasteiger partial charge in [-0.05, 0) is 76.8 Å². The van der Waals surface area contributed by atoms with Gasteiger partial charge in [0.2, 0.25) is 5.91 Å². The molecule has 2 atom stereocenters. The second-order valence-corrected chi connectivity index (χ2v) is 9.31. The van der Waals surface area contributed by atoms with Crippen molar-refractivity contribution in [3.8, 4) is 0 Å². The standard InChI is InChI=1S/C26H35N3O4/c1-16-13-11-14-20(18(16)3)22(23(30)28-21-15-10-9-12-17(21)2)29(8)24(31)19(4)27-25(32)33-26(5,6)7/h9-15,19,22H,1-8H3,(H,27,32)(H,28,30). The fourth-order valence-corrected chi connectivity index (χ4v) is 3.49. The van der Waals surface area contributed by atoms with E-state index in [-0.39, 0.29) is 5.91 Å². The summed E-state index contributed by atoms with van der Waals surface area (Å²) in [4.78, 5) is 40.3. The van der Waals surface area contributed by atoms with E-state index in [1.54, 1.807) is 34.7 Å². The number of anilines is 1. The number of hydrogen-bond acceptors (Lipinski definition) is 4. The summed E-state index contributed by atoms with van der Waals surface area (Å²) in [6.45, 7) is 12.6. The van der Waals surface area contributed by atoms with Crippen LogP contribution in [0.4, 0.5) is 10.5 Å². The number of nitrogens with zero attached hydrogens (tertiary/aromatic N) is 1. The Labute approximate surface area is 196 Å². The fourth-order valence-electron chi connectivity index (χ4n) is 3.49. The molecule has 178 valence electrons. The van der Waals surface area contributed by atoms with Gasteiger partial charge >= 0.3 is 6.09 Å². The molecule has 0 aliphatic carbocycles. The van der Waals surface area contributed by atoms with E-state index in [2.05, 4.69) is 10.6 Å². The van der Waals surface area contributed by atoms with Crippen LogP contribution in [-0.2, 0) is 14.3 Å². The Morgan fingerprint density at radius 1 is 0.939 bits per heavy atom. The number of carbonyl (C=O) groups excluding carboxylic acids is 3. The summed E-state index contributed by atoms with van der Waals surface area (Å²) in [5.41, 5.74) is 3.57. The van der Waals surface area contributed by atoms with Gasteiger partial charge in [-0.15, -0.1) is 0 Å². The Balaban J connectivity index is 2.35. The zero-order chi connectivity index (χ0) is 24.9. The number of para-hydroxylation sites is 1. The van der Waals surface area contributed by atoms with Crippen LogP contribution in [0.25, 0.3) is 0 Å². The Hall–Kier alpha value is -3.35. The topological polar surface area (TPSA) is 87.7 Å². The molecule has 0 fully saturated rings. The number of hydrogen-bond donors (Lipinski definition) is 2. The van der Waals surface area contributed by atoms with E-state index in [9.17, 15) is 14.4 Å². The van der Waals surface area contributed by atoms with E-state index in [1.807, 2.05) is 63.2 Å². The lowest BCUT2D eigenvalue weighted by atomic mass is 9.95. The number of aryl methyl sites for hydroxylation is 2. The maximum atomic E-state index is 13.5. The molecule has 2 rings (SSSR count). The second kappa shape index (κ2) is 10.5. The SMILES string of the molecule is Cc1ccccc1NC(=O)C(c1cccc(C)c1C)N(C)C(=O)C(C)NC(=O)OC(C)(C)C. The number of nitrogens with one attached hydrogen (secondary N) is 2. The van der Waals surface area contributed by atoms with E-state index >= 15 is 0 Å². The monoisotopic (exact) mass is 453 g/mol. The first kappa shape index (κ1) is 25.9. The van der Waals surface area contributed by atoms with E-state index in [1.165, 1.54) is 4.90 Å². The van der Waals surface area contributed by atoms with E-state index in [0.29, 0.717) is 5.69 Å². The van der Waals surface area contributed by atoms with Crippen molar-refractivity contribution in [1.29, 1.82) is 0 Å². The van der Waals surface area contributed by atoms with Gasteiger partial charge in [0.25, 0.3) is 5.91 Å². The lowest BCUT2D eigenvalue weighted by Crippen LogP contribution is -2.49. The third kappa shape index (κ3) is 6.81. The van der Waals surface area contributed by atoms with E-state index < -0.39 is 29.7 Å². The summed E-state index contributed by atoms with van der Waals surface area (Å²) < 4.78 is 5.26. The average Bonchev–Trinajstić information content (AvgIpc) is 2.70. The third-order valence-electron chi connectivity index (χ3n) is 5.43. The molecular formula is C26H35N3O4. The van der Waals surface area contributed by atoms with Crippen molar-refractivity contribution in [3.05, 3.63) is 64.7 Å². The van der Waals surface area contributed by atoms with Gasteiger partial charge in [-0.1, -0.05) is 36.4 Å². The van der Waals surface area contributed by atoms with Crippen molar-refractivity contribution in [2.75, 3.05) is 12.4 Å². The van der Waals surface area contributed by atoms with Crippen LogP contribution in [0.2, 0.25) is 0 Å². The minimum atomic E-state index is -0.889. The molecule has 2 aromatic rings. The molecule has 0 saturated carbocycles. The van der Waals surface area contributed by atoms with Gasteiger partial charge in [-0.3, -0.25) is 9.59 Å². The molecule has 0 saturated heterocycles. The molecule has 0 aliphatic rings. The summed E-state index contributed by atoms with van der Waals surface area (Å²) in [5, 5.41) is 5.52. The minimum Gasteiger partial charge on any atom is -0.444 e. The molecule has 3 amide bonds. The number of rotatable bonds is 6. The van der Waals surface area contributed by atoms with Gasteiger partial charge < -0.3 is 20.3 Å². The summed E-state index contributed by atoms with van der Waals surface area (Å²) in [5.74, 6) is -0.745. The highest BCUT2D eigenvalue weighted by atomic mass is 16.6. The number of benzene rings is 2. The molecule has 0 aliphatic heterocycles. The first-order valence-electron chi connectivity index (χ1n) is 11.0. The number of ether oxygens (including phenoxy) is 1. The molecule has 0 spiro atoms. The van der Waals surface area contributed by atoms with Crippen LogP contribution >= 0.6 is 0 Å². The molecule has 0 heterocycles. The predicted molar refractivity (Wildman–Crippen MR) is 130 cm³/mol. The molecule has 0 bridgehead atoms. The summed E-state index contributed by atoms with van der Waals surface area (Å²) in [7, 11) is 1.57. The lowest BCUT2D eigenvalue weighted by molar-refractivity contribution is -0.138. The first-order chi connectivity index (χ1) is 15.3. The first-order valence-corrected chi connectivity index (χ1v) is 11.0. The van der Waals surface area contributed by atoms with Gasteiger partial charge in [-0.2, -0.15) is 0 Å². The molecular weight excluding hydrogens is 418 g/mol. The van der Waals surface area contributed by atoms with Crippen LogP contribution < -0.4 is 10.6 Å². The normalized spacial score (nSPS) is 13.0. The molecule has 7 heteroatoms. The molecule has 7 nitrogen and oxygen atoms in total. The molecule has 2 N–H and O–H groups in total. The summed E-state index contributed by atoms with van der Waals surface area (Å²) >= 11 is 0. The van der Waals surface area contributed by atoms with Crippen molar-refractivity contribution in [2.24, 2.45) is 0 Å². The van der Waals surface area contributed by atoms with Crippen molar-refractivity contribution >= 4 is 23.6 Å². The second-order valence-electron chi connectivity index (χ2n) is 9.31. The Morgan fingerprint density at radius 2 is 1.55 bits per heavy atom. The van der Waals surface area contributed by atoms with Crippen LogP contribution in [0.1, 0.15) is 56.0 Å². The third-order valence-corrected chi connectivity index (χ3v) is 5.43. The summed E-state index contributed by atoms with van der Waals surface area (Å²) in [6, 6.07) is 11.4. The van der Waals surface area contributed by atoms with Gasteiger partial charge in [0, 0.05) is 12.7 Å². The van der Waals surface area contributed by atoms with Crippen LogP contribution in [0.5, 0.6) is 0 Å². The van der Waals surface area contributed by atoms with Crippen LogP contribution in [-0.4, -0.2) is 41.5 Å². The molecule has 0 radical (unpaired) electrons. The van der Waals surface area contributed by atoms with E-state index in [0.717, 1.165) is 22.3 Å². The highest BCUT2D eigenvalue weighted by molar-refractivity contribution is 5.99. The van der Waals surface area contributed by atoms with Gasteiger partial charge in [0.1, 0.15) is 17.7 Å². The maximum absolute atomic E-state index is 13.5. The van der Waals surface area contributed by atoms with E-state index in [4.69, 9.17) is 4.74 Å². The van der Waals surface area contributed by atoms with Gasteiger partial charge in [0.05, 0.1) is 0 Å². The number of likely N-dealkylation sites (N-methyl/N-ethyl adjacent to an activating group) is 1.